The molecule has 2 rings (SSSR count). The van der Waals surface area contributed by atoms with Crippen LogP contribution in [0.4, 0.5) is 16.2 Å². The Kier molecular flexibility index (Phi) is 5.09. The van der Waals surface area contributed by atoms with Crippen molar-refractivity contribution in [2.75, 3.05) is 10.6 Å². The van der Waals surface area contributed by atoms with E-state index in [1.165, 1.54) is 12.1 Å². The zero-order chi connectivity index (χ0) is 15.2. The van der Waals surface area contributed by atoms with Gasteiger partial charge in [0.2, 0.25) is 5.95 Å². The van der Waals surface area contributed by atoms with Gasteiger partial charge in [-0.1, -0.05) is 19.1 Å². The summed E-state index contributed by atoms with van der Waals surface area (Å²) in [5, 5.41) is 6.51. The van der Waals surface area contributed by atoms with Gasteiger partial charge in [-0.3, -0.25) is 0 Å². The molecule has 0 saturated heterocycles. The molecule has 0 amide bonds. The van der Waals surface area contributed by atoms with Crippen LogP contribution in [0.25, 0.3) is 0 Å². The third-order valence-electron chi connectivity index (χ3n) is 3.22. The average molecular weight is 288 g/mol. The van der Waals surface area contributed by atoms with Crippen molar-refractivity contribution in [3.8, 4) is 0 Å². The van der Waals surface area contributed by atoms with Gasteiger partial charge in [0, 0.05) is 24.3 Å². The topological polar surface area (TPSA) is 49.8 Å². The fraction of sp³-hybridized carbons (Fsp3) is 0.375. The lowest BCUT2D eigenvalue weighted by Gasteiger charge is -2.14. The first kappa shape index (κ1) is 15.2. The Balaban J connectivity index is 2.04. The van der Waals surface area contributed by atoms with Crippen molar-refractivity contribution in [1.82, 2.24) is 9.97 Å². The molecule has 1 aromatic heterocycles. The Labute approximate surface area is 124 Å². The van der Waals surface area contributed by atoms with Gasteiger partial charge >= 0.3 is 0 Å². The zero-order valence-electron chi connectivity index (χ0n) is 12.7. The quantitative estimate of drug-likeness (QED) is 0.850. The number of benzene rings is 1. The SMILES string of the molecule is CCC(C)Nc1cc(C)nc(NCc2ccc(F)cc2)n1. The summed E-state index contributed by atoms with van der Waals surface area (Å²) >= 11 is 0. The average Bonchev–Trinajstić information content (AvgIpc) is 2.46. The van der Waals surface area contributed by atoms with E-state index in [-0.39, 0.29) is 5.82 Å². The van der Waals surface area contributed by atoms with Gasteiger partial charge in [-0.2, -0.15) is 4.98 Å². The summed E-state index contributed by atoms with van der Waals surface area (Å²) in [4.78, 5) is 8.81. The molecule has 1 aromatic carbocycles. The summed E-state index contributed by atoms with van der Waals surface area (Å²) in [5.41, 5.74) is 1.88. The Morgan fingerprint density at radius 2 is 1.90 bits per heavy atom. The minimum absolute atomic E-state index is 0.231. The van der Waals surface area contributed by atoms with E-state index in [1.807, 2.05) is 13.0 Å². The van der Waals surface area contributed by atoms with E-state index in [0.717, 1.165) is 23.5 Å². The second-order valence-corrected chi connectivity index (χ2v) is 5.15. The van der Waals surface area contributed by atoms with Crippen LogP contribution >= 0.6 is 0 Å². The highest BCUT2D eigenvalue weighted by atomic mass is 19.1. The number of hydrogen-bond donors (Lipinski definition) is 2. The summed E-state index contributed by atoms with van der Waals surface area (Å²) in [6.07, 6.45) is 1.03. The van der Waals surface area contributed by atoms with E-state index in [2.05, 4.69) is 34.4 Å². The van der Waals surface area contributed by atoms with Crippen molar-refractivity contribution in [2.24, 2.45) is 0 Å². The molecule has 0 aliphatic carbocycles. The molecule has 4 nitrogen and oxygen atoms in total. The van der Waals surface area contributed by atoms with Gasteiger partial charge in [0.25, 0.3) is 0 Å². The van der Waals surface area contributed by atoms with E-state index >= 15 is 0 Å². The third-order valence-corrected chi connectivity index (χ3v) is 3.22. The van der Waals surface area contributed by atoms with Gasteiger partial charge in [-0.05, 0) is 38.0 Å². The summed E-state index contributed by atoms with van der Waals surface area (Å²) in [7, 11) is 0. The van der Waals surface area contributed by atoms with Crippen LogP contribution in [0.5, 0.6) is 0 Å². The number of aryl methyl sites for hydroxylation is 1. The highest BCUT2D eigenvalue weighted by molar-refractivity contribution is 5.43. The van der Waals surface area contributed by atoms with Crippen LogP contribution in [-0.2, 0) is 6.54 Å². The summed E-state index contributed by atoms with van der Waals surface area (Å²) < 4.78 is 12.9. The van der Waals surface area contributed by atoms with Crippen molar-refractivity contribution >= 4 is 11.8 Å². The number of anilines is 2. The third kappa shape index (κ3) is 4.70. The van der Waals surface area contributed by atoms with Crippen LogP contribution in [0, 0.1) is 12.7 Å². The lowest BCUT2D eigenvalue weighted by atomic mass is 10.2. The van der Waals surface area contributed by atoms with Crippen LogP contribution in [0.15, 0.2) is 30.3 Å². The van der Waals surface area contributed by atoms with Crippen molar-refractivity contribution in [1.29, 1.82) is 0 Å². The normalized spacial score (nSPS) is 12.0. The number of rotatable bonds is 6. The van der Waals surface area contributed by atoms with Crippen molar-refractivity contribution in [2.45, 2.75) is 39.8 Å². The molecular formula is C16H21FN4. The van der Waals surface area contributed by atoms with Crippen LogP contribution in [0.2, 0.25) is 0 Å². The molecule has 2 N–H and O–H groups in total. The molecule has 5 heteroatoms. The van der Waals surface area contributed by atoms with Crippen LogP contribution in [-0.4, -0.2) is 16.0 Å². The predicted octanol–water partition coefficient (Wildman–Crippen LogP) is 3.75. The highest BCUT2D eigenvalue weighted by Crippen LogP contribution is 2.13. The van der Waals surface area contributed by atoms with Crippen LogP contribution in [0.1, 0.15) is 31.5 Å². The first-order valence-corrected chi connectivity index (χ1v) is 7.17. The van der Waals surface area contributed by atoms with Gasteiger partial charge in [-0.25, -0.2) is 9.37 Å². The second kappa shape index (κ2) is 7.02. The number of aromatic nitrogens is 2. The van der Waals surface area contributed by atoms with Crippen molar-refractivity contribution < 1.29 is 4.39 Å². The van der Waals surface area contributed by atoms with Crippen LogP contribution < -0.4 is 10.6 Å². The van der Waals surface area contributed by atoms with E-state index in [4.69, 9.17) is 0 Å². The first-order chi connectivity index (χ1) is 10.1. The molecular weight excluding hydrogens is 267 g/mol. The molecule has 21 heavy (non-hydrogen) atoms. The molecule has 2 aromatic rings. The van der Waals surface area contributed by atoms with E-state index in [9.17, 15) is 4.39 Å². The van der Waals surface area contributed by atoms with E-state index in [1.54, 1.807) is 12.1 Å². The molecule has 1 atom stereocenters. The largest absolute Gasteiger partial charge is 0.367 e. The Morgan fingerprint density at radius 1 is 1.19 bits per heavy atom. The molecule has 0 saturated carbocycles. The fourth-order valence-corrected chi connectivity index (χ4v) is 1.86. The number of halogens is 1. The lowest BCUT2D eigenvalue weighted by Crippen LogP contribution is -2.15. The molecule has 0 radical (unpaired) electrons. The zero-order valence-corrected chi connectivity index (χ0v) is 12.7. The van der Waals surface area contributed by atoms with Gasteiger partial charge in [0.1, 0.15) is 11.6 Å². The number of hydrogen-bond acceptors (Lipinski definition) is 4. The number of nitrogens with one attached hydrogen (secondary N) is 2. The smallest absolute Gasteiger partial charge is 0.225 e. The summed E-state index contributed by atoms with van der Waals surface area (Å²) in [6.45, 7) is 6.74. The van der Waals surface area contributed by atoms with Gasteiger partial charge in [-0.15, -0.1) is 0 Å². The van der Waals surface area contributed by atoms with Gasteiger partial charge < -0.3 is 10.6 Å². The molecule has 112 valence electrons. The summed E-state index contributed by atoms with van der Waals surface area (Å²) in [6, 6.07) is 8.68. The predicted molar refractivity (Wildman–Crippen MR) is 83.9 cm³/mol. The number of nitrogens with zero attached hydrogens (tertiary/aromatic N) is 2. The maximum absolute atomic E-state index is 12.9. The first-order valence-electron chi connectivity index (χ1n) is 7.17. The van der Waals surface area contributed by atoms with Crippen LogP contribution in [0.3, 0.4) is 0 Å². The summed E-state index contributed by atoms with van der Waals surface area (Å²) in [5.74, 6) is 1.16. The van der Waals surface area contributed by atoms with E-state index in [0.29, 0.717) is 18.5 Å². The Hall–Kier alpha value is -2.17. The minimum atomic E-state index is -0.231. The lowest BCUT2D eigenvalue weighted by molar-refractivity contribution is 0.627. The van der Waals surface area contributed by atoms with Gasteiger partial charge in [0.15, 0.2) is 0 Å². The van der Waals surface area contributed by atoms with Crippen molar-refractivity contribution in [3.63, 3.8) is 0 Å². The maximum atomic E-state index is 12.9. The molecule has 0 bridgehead atoms. The Morgan fingerprint density at radius 3 is 2.57 bits per heavy atom. The Bertz CT molecular complexity index is 583. The molecule has 0 aliphatic rings. The second-order valence-electron chi connectivity index (χ2n) is 5.15. The standard InChI is InChI=1S/C16H21FN4/c1-4-11(2)19-15-9-12(3)20-16(21-15)18-10-13-5-7-14(17)8-6-13/h5-9,11H,4,10H2,1-3H3,(H2,18,19,20,21). The minimum Gasteiger partial charge on any atom is -0.367 e. The molecule has 0 aliphatic heterocycles. The maximum Gasteiger partial charge on any atom is 0.225 e. The monoisotopic (exact) mass is 288 g/mol. The van der Waals surface area contributed by atoms with E-state index < -0.39 is 0 Å². The molecule has 0 fully saturated rings. The highest BCUT2D eigenvalue weighted by Gasteiger charge is 2.05. The molecule has 0 spiro atoms. The fourth-order valence-electron chi connectivity index (χ4n) is 1.86. The molecule has 1 unspecified atom stereocenters. The van der Waals surface area contributed by atoms with Gasteiger partial charge in [0.05, 0.1) is 0 Å². The van der Waals surface area contributed by atoms with Crippen molar-refractivity contribution in [3.05, 3.63) is 47.4 Å². The molecule has 1 heterocycles.